The van der Waals surface area contributed by atoms with Crippen molar-refractivity contribution in [1.82, 2.24) is 19.2 Å². The Morgan fingerprint density at radius 1 is 1.06 bits per heavy atom. The number of carbonyl (C=O) groups is 3. The normalized spacial score (nSPS) is 13.6. The van der Waals surface area contributed by atoms with E-state index >= 15 is 0 Å². The van der Waals surface area contributed by atoms with Crippen LogP contribution in [0.5, 0.6) is 0 Å². The summed E-state index contributed by atoms with van der Waals surface area (Å²) in [6.45, 7) is 3.76. The number of aryl methyl sites for hydroxylation is 1. The van der Waals surface area contributed by atoms with Gasteiger partial charge in [0.2, 0.25) is 17.0 Å². The highest BCUT2D eigenvalue weighted by Gasteiger charge is 2.27. The van der Waals surface area contributed by atoms with Gasteiger partial charge in [0, 0.05) is 48.8 Å². The summed E-state index contributed by atoms with van der Waals surface area (Å²) >= 11 is 2.58. The third-order valence-electron chi connectivity index (χ3n) is 4.90. The summed E-state index contributed by atoms with van der Waals surface area (Å²) < 4.78 is 3.96. The zero-order valence-electron chi connectivity index (χ0n) is 17.8. The van der Waals surface area contributed by atoms with Crippen molar-refractivity contribution in [3.8, 4) is 0 Å². The minimum absolute atomic E-state index is 0.174. The van der Waals surface area contributed by atoms with Crippen molar-refractivity contribution in [2.45, 2.75) is 13.3 Å². The van der Waals surface area contributed by atoms with Gasteiger partial charge in [0.05, 0.1) is 12.1 Å². The second-order valence-electron chi connectivity index (χ2n) is 7.38. The van der Waals surface area contributed by atoms with Gasteiger partial charge in [0.15, 0.2) is 5.13 Å². The predicted octanol–water partition coefficient (Wildman–Crippen LogP) is 1.35. The number of amides is 3. The van der Waals surface area contributed by atoms with Crippen LogP contribution in [0.3, 0.4) is 0 Å². The molecule has 0 unspecified atom stereocenters. The molecule has 1 aliphatic heterocycles. The number of nitrogens with one attached hydrogen (secondary N) is 2. The molecule has 1 saturated heterocycles. The van der Waals surface area contributed by atoms with Crippen molar-refractivity contribution in [2.24, 2.45) is 0 Å². The Balaban J connectivity index is 1.25. The summed E-state index contributed by atoms with van der Waals surface area (Å²) in [5.41, 5.74) is 7.68. The molecule has 0 saturated carbocycles. The lowest BCUT2D eigenvalue weighted by Gasteiger charge is -2.33. The lowest BCUT2D eigenvalue weighted by molar-refractivity contribution is -0.143. The van der Waals surface area contributed by atoms with Gasteiger partial charge in [-0.15, -0.1) is 11.3 Å². The molecule has 0 atom stereocenters. The first-order valence-electron chi connectivity index (χ1n) is 10.1. The molecule has 1 aliphatic rings. The van der Waals surface area contributed by atoms with Crippen LogP contribution in [0.15, 0.2) is 29.6 Å². The fraction of sp³-hybridized carbons (Fsp3) is 0.300. The van der Waals surface area contributed by atoms with Crippen molar-refractivity contribution in [2.75, 3.05) is 47.4 Å². The molecular weight excluding hydrogens is 464 g/mol. The number of benzene rings is 1. The number of aromatic nitrogens is 3. The third-order valence-corrected chi connectivity index (χ3v) is 6.57. The molecule has 3 heterocycles. The van der Waals surface area contributed by atoms with Gasteiger partial charge in [-0.25, -0.2) is 4.98 Å². The van der Waals surface area contributed by atoms with Gasteiger partial charge in [0.25, 0.3) is 0 Å². The van der Waals surface area contributed by atoms with Crippen molar-refractivity contribution >= 4 is 62.5 Å². The van der Waals surface area contributed by atoms with Crippen LogP contribution in [0.2, 0.25) is 0 Å². The van der Waals surface area contributed by atoms with Crippen LogP contribution in [0.1, 0.15) is 11.3 Å². The van der Waals surface area contributed by atoms with Gasteiger partial charge in [-0.05, 0) is 24.6 Å². The van der Waals surface area contributed by atoms with Crippen LogP contribution in [-0.2, 0) is 20.8 Å². The SMILES string of the molecule is Cc1csc(NC(=O)Cc2ccc(NC(=O)C(=O)N3CCN(c4nc(N)ns4)CC3)cc2)n1. The van der Waals surface area contributed by atoms with E-state index in [0.717, 1.165) is 11.3 Å². The summed E-state index contributed by atoms with van der Waals surface area (Å²) in [6.07, 6.45) is 0.177. The van der Waals surface area contributed by atoms with Crippen LogP contribution in [0.4, 0.5) is 21.9 Å². The third kappa shape index (κ3) is 5.81. The molecule has 13 heteroatoms. The Morgan fingerprint density at radius 3 is 2.39 bits per heavy atom. The van der Waals surface area contributed by atoms with Crippen molar-refractivity contribution in [3.05, 3.63) is 40.9 Å². The average molecular weight is 487 g/mol. The van der Waals surface area contributed by atoms with Crippen molar-refractivity contribution in [1.29, 1.82) is 0 Å². The van der Waals surface area contributed by atoms with Gasteiger partial charge >= 0.3 is 11.8 Å². The minimum atomic E-state index is -0.701. The molecule has 4 rings (SSSR count). The molecule has 3 aromatic rings. The number of anilines is 4. The summed E-state index contributed by atoms with van der Waals surface area (Å²) in [7, 11) is 0. The second kappa shape index (κ2) is 9.92. The number of nitrogens with zero attached hydrogens (tertiary/aromatic N) is 5. The summed E-state index contributed by atoms with van der Waals surface area (Å²) in [4.78, 5) is 48.9. The number of piperazine rings is 1. The van der Waals surface area contributed by atoms with Crippen LogP contribution in [-0.4, -0.2) is 63.1 Å². The van der Waals surface area contributed by atoms with Crippen LogP contribution < -0.4 is 21.3 Å². The number of thiazole rings is 1. The molecule has 4 N–H and O–H groups in total. The predicted molar refractivity (Wildman–Crippen MR) is 127 cm³/mol. The average Bonchev–Trinajstić information content (AvgIpc) is 3.42. The van der Waals surface area contributed by atoms with Gasteiger partial charge in [0.1, 0.15) is 0 Å². The van der Waals surface area contributed by atoms with Crippen molar-refractivity contribution in [3.63, 3.8) is 0 Å². The molecule has 11 nitrogen and oxygen atoms in total. The van der Waals surface area contributed by atoms with E-state index in [-0.39, 0.29) is 18.3 Å². The van der Waals surface area contributed by atoms with Crippen molar-refractivity contribution < 1.29 is 14.4 Å². The summed E-state index contributed by atoms with van der Waals surface area (Å²) in [5, 5.41) is 8.51. The lowest BCUT2D eigenvalue weighted by atomic mass is 10.1. The topological polar surface area (TPSA) is 146 Å². The monoisotopic (exact) mass is 486 g/mol. The second-order valence-corrected chi connectivity index (χ2v) is 8.97. The highest BCUT2D eigenvalue weighted by Crippen LogP contribution is 2.20. The maximum Gasteiger partial charge on any atom is 0.313 e. The van der Waals surface area contributed by atoms with E-state index in [2.05, 4.69) is 25.0 Å². The summed E-state index contributed by atoms with van der Waals surface area (Å²) in [5.74, 6) is -1.23. The Kier molecular flexibility index (Phi) is 6.79. The highest BCUT2D eigenvalue weighted by molar-refractivity contribution is 7.13. The maximum atomic E-state index is 12.5. The Hall–Kier alpha value is -3.58. The van der Waals surface area contributed by atoms with E-state index in [1.54, 1.807) is 24.3 Å². The minimum Gasteiger partial charge on any atom is -0.367 e. The van der Waals surface area contributed by atoms with E-state index < -0.39 is 11.8 Å². The molecule has 0 spiro atoms. The first-order valence-corrected chi connectivity index (χ1v) is 11.8. The highest BCUT2D eigenvalue weighted by atomic mass is 32.1. The maximum absolute atomic E-state index is 12.5. The summed E-state index contributed by atoms with van der Waals surface area (Å²) in [6, 6.07) is 6.80. The van der Waals surface area contributed by atoms with E-state index in [1.165, 1.54) is 27.8 Å². The molecular formula is C20H22N8O3S2. The van der Waals surface area contributed by atoms with Gasteiger partial charge in [-0.1, -0.05) is 12.1 Å². The largest absolute Gasteiger partial charge is 0.367 e. The van der Waals surface area contributed by atoms with E-state index in [0.29, 0.717) is 42.1 Å². The first kappa shape index (κ1) is 22.6. The molecule has 0 radical (unpaired) electrons. The lowest BCUT2D eigenvalue weighted by Crippen LogP contribution is -2.51. The van der Waals surface area contributed by atoms with Gasteiger partial charge < -0.3 is 26.2 Å². The fourth-order valence-corrected chi connectivity index (χ4v) is 4.60. The number of carbonyl (C=O) groups excluding carboxylic acids is 3. The number of nitrogens with two attached hydrogens (primary N) is 1. The first-order chi connectivity index (χ1) is 15.9. The zero-order valence-corrected chi connectivity index (χ0v) is 19.4. The van der Waals surface area contributed by atoms with E-state index in [9.17, 15) is 14.4 Å². The Bertz CT molecular complexity index is 1150. The van der Waals surface area contributed by atoms with Crippen LogP contribution in [0, 0.1) is 6.92 Å². The molecule has 0 bridgehead atoms. The molecule has 3 amide bonds. The van der Waals surface area contributed by atoms with E-state index in [4.69, 9.17) is 5.73 Å². The number of hydrogen-bond acceptors (Lipinski definition) is 10. The van der Waals surface area contributed by atoms with E-state index in [1.807, 2.05) is 17.2 Å². The molecule has 2 aromatic heterocycles. The van der Waals surface area contributed by atoms with Gasteiger partial charge in [-0.2, -0.15) is 9.36 Å². The molecule has 1 fully saturated rings. The van der Waals surface area contributed by atoms with Crippen LogP contribution >= 0.6 is 22.9 Å². The molecule has 172 valence electrons. The Labute approximate surface area is 197 Å². The number of nitrogen functional groups attached to an aromatic ring is 1. The van der Waals surface area contributed by atoms with Gasteiger partial charge in [-0.3, -0.25) is 14.4 Å². The number of rotatable bonds is 5. The molecule has 33 heavy (non-hydrogen) atoms. The molecule has 0 aliphatic carbocycles. The standard InChI is InChI=1S/C20H22N8O3S2/c1-12-11-32-19(22-12)24-15(29)10-13-2-4-14(5-3-13)23-16(30)17(31)27-6-8-28(9-7-27)20-25-18(21)26-33-20/h2-5,11H,6-10H2,1H3,(H2,21,26)(H,23,30)(H,22,24,29). The smallest absolute Gasteiger partial charge is 0.313 e. The van der Waals surface area contributed by atoms with Crippen LogP contribution in [0.25, 0.3) is 0 Å². The fourth-order valence-electron chi connectivity index (χ4n) is 3.25. The quantitative estimate of drug-likeness (QED) is 0.458. The molecule has 1 aromatic carbocycles. The Morgan fingerprint density at radius 2 is 1.79 bits per heavy atom. The number of hydrogen-bond donors (Lipinski definition) is 3. The zero-order chi connectivity index (χ0) is 23.4.